The van der Waals surface area contributed by atoms with Gasteiger partial charge in [-0.1, -0.05) is 13.8 Å². The molecule has 0 saturated heterocycles. The van der Waals surface area contributed by atoms with Crippen LogP contribution in [-0.2, 0) is 4.79 Å². The average molecular weight is 270 g/mol. The number of rotatable bonds is 3. The number of hydrogen-bond acceptors (Lipinski definition) is 1. The van der Waals surface area contributed by atoms with Crippen LogP contribution in [0.5, 0.6) is 0 Å². The Hall–Kier alpha value is -0.240. The first-order chi connectivity index (χ1) is 8.47. The molecule has 18 heavy (non-hydrogen) atoms. The average Bonchev–Trinajstić information content (AvgIpc) is 2.26. The van der Waals surface area contributed by atoms with Crippen molar-refractivity contribution in [2.45, 2.75) is 57.9 Å². The van der Waals surface area contributed by atoms with E-state index in [-0.39, 0.29) is 17.3 Å². The zero-order valence-electron chi connectivity index (χ0n) is 11.5. The van der Waals surface area contributed by atoms with Gasteiger partial charge < -0.3 is 5.32 Å². The van der Waals surface area contributed by atoms with E-state index in [0.29, 0.717) is 5.41 Å². The molecule has 2 nitrogen and oxygen atoms in total. The maximum absolute atomic E-state index is 11.7. The van der Waals surface area contributed by atoms with Crippen LogP contribution in [0, 0.1) is 23.2 Å². The van der Waals surface area contributed by atoms with E-state index in [2.05, 4.69) is 19.2 Å². The zero-order chi connectivity index (χ0) is 13.0. The molecule has 0 aromatic heterocycles. The van der Waals surface area contributed by atoms with Crippen molar-refractivity contribution < 1.29 is 4.79 Å². The van der Waals surface area contributed by atoms with Crippen molar-refractivity contribution in [3.05, 3.63) is 0 Å². The lowest BCUT2D eigenvalue weighted by atomic mass is 9.44. The summed E-state index contributed by atoms with van der Waals surface area (Å²) in [6.07, 6.45) is 7.75. The van der Waals surface area contributed by atoms with E-state index in [9.17, 15) is 4.79 Å². The number of carbonyl (C=O) groups excluding carboxylic acids is 1. The number of halogens is 1. The van der Waals surface area contributed by atoms with Crippen LogP contribution in [0.4, 0.5) is 0 Å². The Morgan fingerprint density at radius 2 is 1.89 bits per heavy atom. The van der Waals surface area contributed by atoms with Gasteiger partial charge in [0.2, 0.25) is 5.91 Å². The van der Waals surface area contributed by atoms with Gasteiger partial charge in [-0.25, -0.2) is 0 Å². The first kappa shape index (κ1) is 12.8. The second-order valence-corrected chi connectivity index (χ2v) is 7.71. The van der Waals surface area contributed by atoms with E-state index < -0.39 is 0 Å². The summed E-state index contributed by atoms with van der Waals surface area (Å²) in [6, 6.07) is 0. The summed E-state index contributed by atoms with van der Waals surface area (Å²) in [5.41, 5.74) is 0.573. The highest BCUT2D eigenvalue weighted by atomic mass is 35.5. The summed E-state index contributed by atoms with van der Waals surface area (Å²) < 4.78 is 0. The Kier molecular flexibility index (Phi) is 2.93. The molecule has 4 aliphatic rings. The van der Waals surface area contributed by atoms with Gasteiger partial charge in [-0.2, -0.15) is 0 Å². The van der Waals surface area contributed by atoms with Crippen molar-refractivity contribution in [2.75, 3.05) is 5.88 Å². The van der Waals surface area contributed by atoms with Crippen LogP contribution in [-0.4, -0.2) is 17.3 Å². The quantitative estimate of drug-likeness (QED) is 0.783. The molecule has 102 valence electrons. The van der Waals surface area contributed by atoms with Crippen molar-refractivity contribution >= 4 is 17.5 Å². The fourth-order valence-electron chi connectivity index (χ4n) is 5.48. The molecular formula is C15H24ClNO. The van der Waals surface area contributed by atoms with E-state index in [0.717, 1.165) is 17.8 Å². The molecular weight excluding hydrogens is 246 g/mol. The molecule has 2 unspecified atom stereocenters. The summed E-state index contributed by atoms with van der Waals surface area (Å²) in [4.78, 5) is 11.7. The van der Waals surface area contributed by atoms with Crippen LogP contribution in [0.15, 0.2) is 0 Å². The second kappa shape index (κ2) is 4.13. The first-order valence-corrected chi connectivity index (χ1v) is 7.87. The van der Waals surface area contributed by atoms with Crippen molar-refractivity contribution in [1.82, 2.24) is 5.32 Å². The van der Waals surface area contributed by atoms with E-state index in [1.807, 2.05) is 0 Å². The molecule has 0 heterocycles. The highest BCUT2D eigenvalue weighted by Gasteiger charge is 2.58. The Balaban J connectivity index is 1.87. The number of carbonyl (C=O) groups is 1. The number of alkyl halides is 1. The van der Waals surface area contributed by atoms with Gasteiger partial charge in [-0.15, -0.1) is 11.6 Å². The van der Waals surface area contributed by atoms with Crippen LogP contribution in [0.3, 0.4) is 0 Å². The number of hydrogen-bond donors (Lipinski definition) is 1. The molecule has 0 aromatic rings. The lowest BCUT2D eigenvalue weighted by Gasteiger charge is -2.63. The lowest BCUT2D eigenvalue weighted by molar-refractivity contribution is -0.133. The fourth-order valence-corrected chi connectivity index (χ4v) is 5.55. The monoisotopic (exact) mass is 269 g/mol. The minimum absolute atomic E-state index is 0.0255. The molecule has 0 radical (unpaired) electrons. The Morgan fingerprint density at radius 1 is 1.28 bits per heavy atom. The first-order valence-electron chi connectivity index (χ1n) is 7.34. The number of amides is 1. The molecule has 4 rings (SSSR count). The van der Waals surface area contributed by atoms with Gasteiger partial charge >= 0.3 is 0 Å². The molecule has 4 fully saturated rings. The largest absolute Gasteiger partial charge is 0.350 e. The van der Waals surface area contributed by atoms with Gasteiger partial charge in [0.1, 0.15) is 5.88 Å². The molecule has 0 spiro atoms. The van der Waals surface area contributed by atoms with E-state index in [1.165, 1.54) is 38.5 Å². The van der Waals surface area contributed by atoms with Crippen molar-refractivity contribution in [2.24, 2.45) is 23.2 Å². The number of nitrogens with one attached hydrogen (secondary N) is 1. The maximum Gasteiger partial charge on any atom is 0.235 e. The second-order valence-electron chi connectivity index (χ2n) is 7.44. The summed E-state index contributed by atoms with van der Waals surface area (Å²) in [6.45, 7) is 4.73. The summed E-state index contributed by atoms with van der Waals surface area (Å²) in [5.74, 6) is 2.54. The third kappa shape index (κ3) is 1.88. The van der Waals surface area contributed by atoms with Gasteiger partial charge in [0, 0.05) is 5.54 Å². The fraction of sp³-hybridized carbons (Fsp3) is 0.933. The third-order valence-electron chi connectivity index (χ3n) is 5.86. The lowest BCUT2D eigenvalue weighted by Crippen LogP contribution is -2.64. The molecule has 4 aliphatic carbocycles. The third-order valence-corrected chi connectivity index (χ3v) is 6.10. The minimum Gasteiger partial charge on any atom is -0.350 e. The molecule has 2 atom stereocenters. The Morgan fingerprint density at radius 3 is 2.39 bits per heavy atom. The predicted molar refractivity (Wildman–Crippen MR) is 73.5 cm³/mol. The van der Waals surface area contributed by atoms with Gasteiger partial charge in [0.05, 0.1) is 0 Å². The highest BCUT2D eigenvalue weighted by Crippen LogP contribution is 2.64. The maximum atomic E-state index is 11.7. The van der Waals surface area contributed by atoms with Gasteiger partial charge in [-0.05, 0) is 61.7 Å². The minimum atomic E-state index is 0.0255. The summed E-state index contributed by atoms with van der Waals surface area (Å²) in [5, 5.41) is 3.28. The molecule has 0 aliphatic heterocycles. The molecule has 4 bridgehead atoms. The molecule has 0 aromatic carbocycles. The van der Waals surface area contributed by atoms with E-state index in [1.54, 1.807) is 0 Å². The van der Waals surface area contributed by atoms with Crippen molar-refractivity contribution in [3.63, 3.8) is 0 Å². The van der Waals surface area contributed by atoms with Gasteiger partial charge in [0.25, 0.3) is 0 Å². The zero-order valence-corrected chi connectivity index (χ0v) is 12.2. The SMILES string of the molecule is CC(C)C12CC3CC(CC(NC(=O)CCl)(C3)C1)C2. The summed E-state index contributed by atoms with van der Waals surface area (Å²) in [7, 11) is 0. The van der Waals surface area contributed by atoms with E-state index in [4.69, 9.17) is 11.6 Å². The van der Waals surface area contributed by atoms with Crippen molar-refractivity contribution in [1.29, 1.82) is 0 Å². The molecule has 4 saturated carbocycles. The normalized spacial score (nSPS) is 45.6. The topological polar surface area (TPSA) is 29.1 Å². The standard InChI is InChI=1S/C15H24ClNO/c1-10(2)14-4-11-3-12(5-14)7-15(6-11,9-14)17-13(18)8-16/h10-12H,3-9H2,1-2H3,(H,17,18). The Labute approximate surface area is 115 Å². The molecule has 1 amide bonds. The van der Waals surface area contributed by atoms with E-state index >= 15 is 0 Å². The van der Waals surface area contributed by atoms with Gasteiger partial charge in [-0.3, -0.25) is 4.79 Å². The summed E-state index contributed by atoms with van der Waals surface area (Å²) >= 11 is 5.68. The predicted octanol–water partition coefficient (Wildman–Crippen LogP) is 3.34. The molecule has 1 N–H and O–H groups in total. The van der Waals surface area contributed by atoms with Crippen LogP contribution in [0.1, 0.15) is 52.4 Å². The van der Waals surface area contributed by atoms with Crippen LogP contribution in [0.25, 0.3) is 0 Å². The highest BCUT2D eigenvalue weighted by molar-refractivity contribution is 6.27. The Bertz CT molecular complexity index is 352. The van der Waals surface area contributed by atoms with Crippen molar-refractivity contribution in [3.8, 4) is 0 Å². The van der Waals surface area contributed by atoms with Crippen LogP contribution >= 0.6 is 11.6 Å². The van der Waals surface area contributed by atoms with Gasteiger partial charge in [0.15, 0.2) is 0 Å². The smallest absolute Gasteiger partial charge is 0.235 e. The van der Waals surface area contributed by atoms with Crippen LogP contribution in [0.2, 0.25) is 0 Å². The molecule has 3 heteroatoms. The van der Waals surface area contributed by atoms with Crippen LogP contribution < -0.4 is 5.32 Å².